The summed E-state index contributed by atoms with van der Waals surface area (Å²) in [5, 5.41) is 0. The highest BCUT2D eigenvalue weighted by molar-refractivity contribution is 5.94. The van der Waals surface area contributed by atoms with Crippen LogP contribution in [0.2, 0.25) is 0 Å². The molecule has 22 heavy (non-hydrogen) atoms. The summed E-state index contributed by atoms with van der Waals surface area (Å²) < 4.78 is 11.2. The molecule has 0 spiro atoms. The molecule has 0 aliphatic carbocycles. The van der Waals surface area contributed by atoms with Crippen molar-refractivity contribution in [2.45, 2.75) is 44.6 Å². The molecule has 1 saturated heterocycles. The molecule has 1 atom stereocenters. The van der Waals surface area contributed by atoms with Gasteiger partial charge < -0.3 is 14.4 Å². The number of hydrogen-bond donors (Lipinski definition) is 0. The normalized spacial score (nSPS) is 20.3. The average Bonchev–Trinajstić information content (AvgIpc) is 3.07. The SMILES string of the molecule is CN(CCCC1CCCO1)C(=O)c1ccc2c(c1)CCCO2. The highest BCUT2D eigenvalue weighted by Gasteiger charge is 2.18. The summed E-state index contributed by atoms with van der Waals surface area (Å²) in [5.74, 6) is 1.03. The molecule has 120 valence electrons. The lowest BCUT2D eigenvalue weighted by molar-refractivity contribution is 0.0763. The van der Waals surface area contributed by atoms with Crippen molar-refractivity contribution in [3.05, 3.63) is 29.3 Å². The minimum absolute atomic E-state index is 0.0979. The first kappa shape index (κ1) is 15.3. The van der Waals surface area contributed by atoms with Gasteiger partial charge in [0.2, 0.25) is 0 Å². The largest absolute Gasteiger partial charge is 0.493 e. The van der Waals surface area contributed by atoms with Crippen LogP contribution in [0.25, 0.3) is 0 Å². The number of fused-ring (bicyclic) bond motifs is 1. The van der Waals surface area contributed by atoms with E-state index in [1.165, 1.54) is 12.8 Å². The Morgan fingerprint density at radius 2 is 2.23 bits per heavy atom. The van der Waals surface area contributed by atoms with Crippen molar-refractivity contribution < 1.29 is 14.3 Å². The molecular weight excluding hydrogens is 278 g/mol. The molecule has 4 heteroatoms. The third kappa shape index (κ3) is 3.61. The maximum absolute atomic E-state index is 12.5. The van der Waals surface area contributed by atoms with Crippen molar-refractivity contribution >= 4 is 5.91 Å². The lowest BCUT2D eigenvalue weighted by Gasteiger charge is -2.21. The van der Waals surface area contributed by atoms with Crippen LogP contribution in [-0.2, 0) is 11.2 Å². The molecular formula is C18H25NO3. The smallest absolute Gasteiger partial charge is 0.253 e. The standard InChI is InChI=1S/C18H25NO3/c1-19(10-2-6-16-7-4-11-21-16)18(20)15-8-9-17-14(13-15)5-3-12-22-17/h8-9,13,16H,2-7,10-12H2,1H3. The second kappa shape index (κ2) is 7.14. The van der Waals surface area contributed by atoms with Gasteiger partial charge in [-0.2, -0.15) is 0 Å². The van der Waals surface area contributed by atoms with Crippen LogP contribution in [0.1, 0.15) is 48.0 Å². The molecule has 1 fully saturated rings. The van der Waals surface area contributed by atoms with Crippen LogP contribution in [0.3, 0.4) is 0 Å². The van der Waals surface area contributed by atoms with E-state index in [1.807, 2.05) is 30.1 Å². The third-order valence-corrected chi connectivity index (χ3v) is 4.55. The highest BCUT2D eigenvalue weighted by Crippen LogP contribution is 2.26. The molecule has 0 radical (unpaired) electrons. The molecule has 1 unspecified atom stereocenters. The van der Waals surface area contributed by atoms with Crippen molar-refractivity contribution in [2.75, 3.05) is 26.8 Å². The zero-order valence-corrected chi connectivity index (χ0v) is 13.3. The molecule has 4 nitrogen and oxygen atoms in total. The quantitative estimate of drug-likeness (QED) is 0.839. The molecule has 1 aromatic rings. The van der Waals surface area contributed by atoms with E-state index in [9.17, 15) is 4.79 Å². The summed E-state index contributed by atoms with van der Waals surface area (Å²) in [6.45, 7) is 2.46. The maximum atomic E-state index is 12.5. The Hall–Kier alpha value is -1.55. The minimum Gasteiger partial charge on any atom is -0.493 e. The van der Waals surface area contributed by atoms with E-state index in [2.05, 4.69) is 0 Å². The topological polar surface area (TPSA) is 38.8 Å². The van der Waals surface area contributed by atoms with Crippen molar-refractivity contribution in [1.29, 1.82) is 0 Å². The zero-order chi connectivity index (χ0) is 15.4. The van der Waals surface area contributed by atoms with E-state index in [4.69, 9.17) is 9.47 Å². The fourth-order valence-electron chi connectivity index (χ4n) is 3.24. The second-order valence-corrected chi connectivity index (χ2v) is 6.28. The summed E-state index contributed by atoms with van der Waals surface area (Å²) in [4.78, 5) is 14.3. The number of carbonyl (C=O) groups excluding carboxylic acids is 1. The molecule has 1 amide bonds. The number of amides is 1. The number of rotatable bonds is 5. The van der Waals surface area contributed by atoms with Gasteiger partial charge in [0.1, 0.15) is 5.75 Å². The number of carbonyl (C=O) groups is 1. The molecule has 0 bridgehead atoms. The van der Waals surface area contributed by atoms with Gasteiger partial charge in [0, 0.05) is 25.8 Å². The Morgan fingerprint density at radius 3 is 3.05 bits per heavy atom. The fraction of sp³-hybridized carbons (Fsp3) is 0.611. The van der Waals surface area contributed by atoms with Gasteiger partial charge >= 0.3 is 0 Å². The molecule has 3 rings (SSSR count). The summed E-state index contributed by atoms with van der Waals surface area (Å²) in [6.07, 6.45) is 6.83. The molecule has 0 N–H and O–H groups in total. The van der Waals surface area contributed by atoms with E-state index in [0.29, 0.717) is 6.10 Å². The Labute approximate surface area is 132 Å². The Bertz CT molecular complexity index is 523. The van der Waals surface area contributed by atoms with Gasteiger partial charge in [-0.3, -0.25) is 4.79 Å². The van der Waals surface area contributed by atoms with Gasteiger partial charge in [0.25, 0.3) is 5.91 Å². The van der Waals surface area contributed by atoms with E-state index in [0.717, 1.165) is 62.3 Å². The van der Waals surface area contributed by atoms with Gasteiger partial charge in [-0.05, 0) is 62.3 Å². The molecule has 1 aromatic carbocycles. The average molecular weight is 303 g/mol. The van der Waals surface area contributed by atoms with Crippen molar-refractivity contribution in [1.82, 2.24) is 4.90 Å². The Kier molecular flexibility index (Phi) is 4.98. The van der Waals surface area contributed by atoms with E-state index < -0.39 is 0 Å². The van der Waals surface area contributed by atoms with Gasteiger partial charge in [-0.25, -0.2) is 0 Å². The molecule has 0 aromatic heterocycles. The highest BCUT2D eigenvalue weighted by atomic mass is 16.5. The van der Waals surface area contributed by atoms with E-state index >= 15 is 0 Å². The molecule has 2 aliphatic rings. The van der Waals surface area contributed by atoms with Crippen LogP contribution in [0.4, 0.5) is 0 Å². The van der Waals surface area contributed by atoms with Crippen molar-refractivity contribution in [2.24, 2.45) is 0 Å². The van der Waals surface area contributed by atoms with Crippen LogP contribution >= 0.6 is 0 Å². The van der Waals surface area contributed by atoms with Crippen molar-refractivity contribution in [3.63, 3.8) is 0 Å². The molecule has 2 aliphatic heterocycles. The first-order chi connectivity index (χ1) is 10.7. The van der Waals surface area contributed by atoms with Crippen LogP contribution in [0.15, 0.2) is 18.2 Å². The number of hydrogen-bond acceptors (Lipinski definition) is 3. The second-order valence-electron chi connectivity index (χ2n) is 6.28. The lowest BCUT2D eigenvalue weighted by Crippen LogP contribution is -2.28. The Morgan fingerprint density at radius 1 is 1.32 bits per heavy atom. The third-order valence-electron chi connectivity index (χ3n) is 4.55. The first-order valence-electron chi connectivity index (χ1n) is 8.37. The molecule has 0 saturated carbocycles. The van der Waals surface area contributed by atoms with Gasteiger partial charge in [-0.15, -0.1) is 0 Å². The summed E-state index contributed by atoms with van der Waals surface area (Å²) in [6, 6.07) is 5.80. The first-order valence-corrected chi connectivity index (χ1v) is 8.37. The van der Waals surface area contributed by atoms with Gasteiger partial charge in [-0.1, -0.05) is 0 Å². The van der Waals surface area contributed by atoms with E-state index in [1.54, 1.807) is 0 Å². The van der Waals surface area contributed by atoms with Crippen molar-refractivity contribution in [3.8, 4) is 5.75 Å². The van der Waals surface area contributed by atoms with Gasteiger partial charge in [0.05, 0.1) is 12.7 Å². The fourth-order valence-corrected chi connectivity index (χ4v) is 3.24. The summed E-state index contributed by atoms with van der Waals surface area (Å²) in [7, 11) is 1.88. The van der Waals surface area contributed by atoms with E-state index in [-0.39, 0.29) is 5.91 Å². The molecule has 2 heterocycles. The number of nitrogens with zero attached hydrogens (tertiary/aromatic N) is 1. The van der Waals surface area contributed by atoms with Gasteiger partial charge in [0.15, 0.2) is 0 Å². The monoisotopic (exact) mass is 303 g/mol. The summed E-state index contributed by atoms with van der Waals surface area (Å²) in [5.41, 5.74) is 1.92. The van der Waals surface area contributed by atoms with Crippen LogP contribution in [0.5, 0.6) is 5.75 Å². The predicted octanol–water partition coefficient (Wildman–Crippen LogP) is 3.04. The van der Waals surface area contributed by atoms with Crippen LogP contribution in [0, 0.1) is 0 Å². The predicted molar refractivity (Wildman–Crippen MR) is 85.4 cm³/mol. The summed E-state index contributed by atoms with van der Waals surface area (Å²) >= 11 is 0. The minimum atomic E-state index is 0.0979. The maximum Gasteiger partial charge on any atom is 0.253 e. The lowest BCUT2D eigenvalue weighted by atomic mass is 10.0. The van der Waals surface area contributed by atoms with Crippen LogP contribution < -0.4 is 4.74 Å². The number of benzene rings is 1. The Balaban J connectivity index is 1.53. The zero-order valence-electron chi connectivity index (χ0n) is 13.3. The van der Waals surface area contributed by atoms with Crippen LogP contribution in [-0.4, -0.2) is 43.7 Å². The number of ether oxygens (including phenoxy) is 2. The number of aryl methyl sites for hydroxylation is 1.